The highest BCUT2D eigenvalue weighted by Crippen LogP contribution is 2.29. The van der Waals surface area contributed by atoms with E-state index in [1.54, 1.807) is 0 Å². The van der Waals surface area contributed by atoms with Crippen molar-refractivity contribution in [2.45, 2.75) is 32.1 Å². The van der Waals surface area contributed by atoms with E-state index >= 15 is 0 Å². The van der Waals surface area contributed by atoms with Crippen molar-refractivity contribution >= 4 is 21.6 Å². The van der Waals surface area contributed by atoms with E-state index in [2.05, 4.69) is 40.0 Å². The fraction of sp³-hybridized carbons (Fsp3) is 0.500. The van der Waals surface area contributed by atoms with E-state index in [0.717, 1.165) is 28.8 Å². The maximum Gasteiger partial charge on any atom is 0.160 e. The second-order valence-corrected chi connectivity index (χ2v) is 5.21. The summed E-state index contributed by atoms with van der Waals surface area (Å²) in [6.45, 7) is 4.89. The van der Waals surface area contributed by atoms with E-state index in [1.165, 1.54) is 0 Å². The van der Waals surface area contributed by atoms with Gasteiger partial charge >= 0.3 is 0 Å². The molecule has 0 atom stereocenters. The minimum Gasteiger partial charge on any atom is -0.329 e. The first-order valence-electron chi connectivity index (χ1n) is 5.87. The van der Waals surface area contributed by atoms with Crippen LogP contribution in [0.2, 0.25) is 0 Å². The van der Waals surface area contributed by atoms with Crippen LogP contribution in [-0.4, -0.2) is 21.1 Å². The van der Waals surface area contributed by atoms with Crippen LogP contribution in [-0.2, 0) is 5.41 Å². The van der Waals surface area contributed by atoms with Crippen LogP contribution in [0.3, 0.4) is 0 Å². The molecule has 92 valence electrons. The fourth-order valence-corrected chi connectivity index (χ4v) is 2.51. The summed E-state index contributed by atoms with van der Waals surface area (Å²) in [5.74, 6) is 0.960. The Hall–Kier alpha value is -0.940. The minimum atomic E-state index is -0.0831. The molecule has 2 aromatic rings. The van der Waals surface area contributed by atoms with E-state index < -0.39 is 0 Å². The first-order chi connectivity index (χ1) is 8.16. The summed E-state index contributed by atoms with van der Waals surface area (Å²) in [5.41, 5.74) is 6.74. The van der Waals surface area contributed by atoms with Crippen LogP contribution in [0.1, 0.15) is 32.5 Å². The van der Waals surface area contributed by atoms with Crippen LogP contribution in [0.15, 0.2) is 22.8 Å². The van der Waals surface area contributed by atoms with Crippen molar-refractivity contribution in [3.63, 3.8) is 0 Å². The minimum absolute atomic E-state index is 0.0831. The van der Waals surface area contributed by atoms with Gasteiger partial charge in [-0.25, -0.2) is 0 Å². The summed E-state index contributed by atoms with van der Waals surface area (Å²) in [6, 6.07) is 3.92. The van der Waals surface area contributed by atoms with Crippen LogP contribution in [0, 0.1) is 0 Å². The predicted octanol–water partition coefficient (Wildman–Crippen LogP) is 2.51. The normalized spacial score (nSPS) is 12.2. The zero-order chi connectivity index (χ0) is 12.5. The monoisotopic (exact) mass is 296 g/mol. The molecule has 0 saturated carbocycles. The van der Waals surface area contributed by atoms with Gasteiger partial charge in [0.1, 0.15) is 5.82 Å². The molecule has 0 saturated heterocycles. The van der Waals surface area contributed by atoms with Gasteiger partial charge in [-0.3, -0.25) is 4.40 Å². The fourth-order valence-electron chi connectivity index (χ4n) is 2.17. The molecule has 0 radical (unpaired) electrons. The van der Waals surface area contributed by atoms with Crippen molar-refractivity contribution in [1.29, 1.82) is 0 Å². The molecule has 0 fully saturated rings. The van der Waals surface area contributed by atoms with Gasteiger partial charge in [-0.15, -0.1) is 10.2 Å². The standard InChI is InChI=1S/C12H17BrN4/c1-3-12(4-2,8-14)11-16-15-10-6-5-9(13)7-17(10)11/h5-7H,3-4,8,14H2,1-2H3. The lowest BCUT2D eigenvalue weighted by molar-refractivity contribution is 0.379. The lowest BCUT2D eigenvalue weighted by Crippen LogP contribution is -2.36. The molecule has 0 aliphatic rings. The summed E-state index contributed by atoms with van der Waals surface area (Å²) in [7, 11) is 0. The van der Waals surface area contributed by atoms with Gasteiger partial charge in [-0.1, -0.05) is 13.8 Å². The van der Waals surface area contributed by atoms with Crippen LogP contribution in [0.25, 0.3) is 5.65 Å². The van der Waals surface area contributed by atoms with Crippen molar-refractivity contribution in [1.82, 2.24) is 14.6 Å². The third-order valence-corrected chi connectivity index (χ3v) is 4.05. The number of aromatic nitrogens is 3. The van der Waals surface area contributed by atoms with E-state index in [1.807, 2.05) is 22.7 Å². The Balaban J connectivity index is 2.65. The SMILES string of the molecule is CCC(CC)(CN)c1nnc2ccc(Br)cn12. The molecule has 0 amide bonds. The van der Waals surface area contributed by atoms with Gasteiger partial charge in [0.05, 0.1) is 0 Å². The largest absolute Gasteiger partial charge is 0.329 e. The van der Waals surface area contributed by atoms with E-state index in [9.17, 15) is 0 Å². The average Bonchev–Trinajstić information content (AvgIpc) is 2.76. The molecule has 2 rings (SSSR count). The molecule has 0 bridgehead atoms. The second-order valence-electron chi connectivity index (χ2n) is 4.29. The maximum atomic E-state index is 5.96. The Bertz CT molecular complexity index is 508. The number of halogens is 1. The number of pyridine rings is 1. The highest BCUT2D eigenvalue weighted by atomic mass is 79.9. The molecule has 2 heterocycles. The van der Waals surface area contributed by atoms with E-state index in [4.69, 9.17) is 5.73 Å². The third kappa shape index (κ3) is 1.98. The van der Waals surface area contributed by atoms with Crippen molar-refractivity contribution in [2.24, 2.45) is 5.73 Å². The highest BCUT2D eigenvalue weighted by molar-refractivity contribution is 9.10. The number of nitrogens with two attached hydrogens (primary N) is 1. The van der Waals surface area contributed by atoms with Crippen LogP contribution in [0.5, 0.6) is 0 Å². The summed E-state index contributed by atoms with van der Waals surface area (Å²) in [5, 5.41) is 8.54. The molecule has 5 heteroatoms. The first kappa shape index (κ1) is 12.5. The quantitative estimate of drug-likeness (QED) is 0.943. The summed E-state index contributed by atoms with van der Waals surface area (Å²) in [4.78, 5) is 0. The smallest absolute Gasteiger partial charge is 0.160 e. The van der Waals surface area contributed by atoms with Crippen molar-refractivity contribution < 1.29 is 0 Å². The summed E-state index contributed by atoms with van der Waals surface area (Å²) < 4.78 is 3.05. The van der Waals surface area contributed by atoms with Crippen LogP contribution < -0.4 is 5.73 Å². The zero-order valence-electron chi connectivity index (χ0n) is 10.2. The van der Waals surface area contributed by atoms with Crippen molar-refractivity contribution in [3.8, 4) is 0 Å². The van der Waals surface area contributed by atoms with Gasteiger partial charge in [0.15, 0.2) is 5.65 Å². The number of rotatable bonds is 4. The number of hydrogen-bond acceptors (Lipinski definition) is 3. The van der Waals surface area contributed by atoms with Gasteiger partial charge in [0.2, 0.25) is 0 Å². The molecule has 2 N–H and O–H groups in total. The molecule has 0 unspecified atom stereocenters. The maximum absolute atomic E-state index is 5.96. The van der Waals surface area contributed by atoms with Crippen molar-refractivity contribution in [2.75, 3.05) is 6.54 Å². The van der Waals surface area contributed by atoms with Gasteiger partial charge < -0.3 is 5.73 Å². The molecule has 0 aliphatic carbocycles. The van der Waals surface area contributed by atoms with Gasteiger partial charge in [0, 0.05) is 22.6 Å². The molecule has 0 aromatic carbocycles. The lowest BCUT2D eigenvalue weighted by atomic mass is 9.81. The zero-order valence-corrected chi connectivity index (χ0v) is 11.7. The van der Waals surface area contributed by atoms with Crippen LogP contribution >= 0.6 is 15.9 Å². The second kappa shape index (κ2) is 4.74. The molecular weight excluding hydrogens is 280 g/mol. The Morgan fingerprint density at radius 1 is 1.29 bits per heavy atom. The van der Waals surface area contributed by atoms with Crippen LogP contribution in [0.4, 0.5) is 0 Å². The first-order valence-corrected chi connectivity index (χ1v) is 6.67. The topological polar surface area (TPSA) is 56.2 Å². The van der Waals surface area contributed by atoms with E-state index in [-0.39, 0.29) is 5.41 Å². The Morgan fingerprint density at radius 3 is 2.59 bits per heavy atom. The Labute approximate surface area is 109 Å². The van der Waals surface area contributed by atoms with E-state index in [0.29, 0.717) is 6.54 Å². The Morgan fingerprint density at radius 2 is 2.00 bits per heavy atom. The molecular formula is C12H17BrN4. The molecule has 2 aromatic heterocycles. The average molecular weight is 297 g/mol. The molecule has 4 nitrogen and oxygen atoms in total. The third-order valence-electron chi connectivity index (χ3n) is 3.58. The summed E-state index contributed by atoms with van der Waals surface area (Å²) in [6.07, 6.45) is 3.93. The predicted molar refractivity (Wildman–Crippen MR) is 72.0 cm³/mol. The Kier molecular flexibility index (Phi) is 3.49. The lowest BCUT2D eigenvalue weighted by Gasteiger charge is -2.27. The van der Waals surface area contributed by atoms with Gasteiger partial charge in [0.25, 0.3) is 0 Å². The molecule has 0 aliphatic heterocycles. The number of fused-ring (bicyclic) bond motifs is 1. The van der Waals surface area contributed by atoms with Crippen molar-refractivity contribution in [3.05, 3.63) is 28.6 Å². The number of hydrogen-bond donors (Lipinski definition) is 1. The molecule has 17 heavy (non-hydrogen) atoms. The van der Waals surface area contributed by atoms with Gasteiger partial charge in [-0.05, 0) is 40.9 Å². The number of nitrogens with zero attached hydrogens (tertiary/aromatic N) is 3. The molecule has 0 spiro atoms. The van der Waals surface area contributed by atoms with Gasteiger partial charge in [-0.2, -0.15) is 0 Å². The summed E-state index contributed by atoms with van der Waals surface area (Å²) >= 11 is 3.48. The highest BCUT2D eigenvalue weighted by Gasteiger charge is 2.31.